The molecule has 9 heteroatoms. The van der Waals surface area contributed by atoms with E-state index in [0.29, 0.717) is 23.5 Å². The van der Waals surface area contributed by atoms with E-state index in [0.717, 1.165) is 0 Å². The minimum atomic E-state index is -0.618. The van der Waals surface area contributed by atoms with Crippen molar-refractivity contribution in [2.75, 3.05) is 6.61 Å². The lowest BCUT2D eigenvalue weighted by molar-refractivity contribution is -0.123. The van der Waals surface area contributed by atoms with Gasteiger partial charge in [-0.15, -0.1) is 0 Å². The summed E-state index contributed by atoms with van der Waals surface area (Å²) in [5, 5.41) is 4.85. The van der Waals surface area contributed by atoms with Gasteiger partial charge >= 0.3 is 0 Å². The molecule has 1 heterocycles. The summed E-state index contributed by atoms with van der Waals surface area (Å²) in [5.74, 6) is -1.09. The fourth-order valence-electron chi connectivity index (χ4n) is 2.61. The number of benzene rings is 2. The number of hydrogen-bond acceptors (Lipinski definition) is 5. The van der Waals surface area contributed by atoms with Crippen LogP contribution in [0.25, 0.3) is 6.08 Å². The quantitative estimate of drug-likeness (QED) is 0.414. The molecule has 2 amide bonds. The molecule has 0 atom stereocenters. The summed E-state index contributed by atoms with van der Waals surface area (Å²) in [7, 11) is 0. The Labute approximate surface area is 176 Å². The molecule has 0 saturated carbocycles. The Bertz CT molecular complexity index is 1000. The number of halogens is 2. The van der Waals surface area contributed by atoms with Gasteiger partial charge in [-0.3, -0.25) is 20.2 Å². The molecule has 0 bridgehead atoms. The molecule has 1 aliphatic rings. The van der Waals surface area contributed by atoms with Gasteiger partial charge in [-0.2, -0.15) is 0 Å². The minimum absolute atomic E-state index is 0.0465. The Morgan fingerprint density at radius 3 is 2.48 bits per heavy atom. The van der Waals surface area contributed by atoms with Crippen LogP contribution in [0.2, 0.25) is 5.02 Å². The Kier molecular flexibility index (Phi) is 6.46. The summed E-state index contributed by atoms with van der Waals surface area (Å²) in [6, 6.07) is 9.32. The molecule has 29 heavy (non-hydrogen) atoms. The van der Waals surface area contributed by atoms with Crippen molar-refractivity contribution in [1.29, 1.82) is 0 Å². The summed E-state index contributed by atoms with van der Waals surface area (Å²) in [5.41, 5.74) is 0.686. The van der Waals surface area contributed by atoms with Crippen molar-refractivity contribution in [1.82, 2.24) is 10.6 Å². The van der Waals surface area contributed by atoms with Crippen LogP contribution in [-0.4, -0.2) is 23.5 Å². The second-order valence-corrected chi connectivity index (χ2v) is 6.75. The first-order valence-electron chi connectivity index (χ1n) is 8.60. The van der Waals surface area contributed by atoms with Crippen LogP contribution in [0.15, 0.2) is 42.0 Å². The van der Waals surface area contributed by atoms with Crippen molar-refractivity contribution in [3.8, 4) is 11.5 Å². The van der Waals surface area contributed by atoms with E-state index in [2.05, 4.69) is 10.6 Å². The van der Waals surface area contributed by atoms with Crippen LogP contribution in [0.3, 0.4) is 0 Å². The second kappa shape index (κ2) is 9.02. The Morgan fingerprint density at radius 2 is 1.83 bits per heavy atom. The van der Waals surface area contributed by atoms with E-state index >= 15 is 0 Å². The first kappa shape index (κ1) is 20.8. The van der Waals surface area contributed by atoms with E-state index in [1.807, 2.05) is 0 Å². The largest absolute Gasteiger partial charge is 0.490 e. The van der Waals surface area contributed by atoms with Gasteiger partial charge in [-0.1, -0.05) is 29.8 Å². The smallest absolute Gasteiger partial charge is 0.263 e. The lowest BCUT2D eigenvalue weighted by Crippen LogP contribution is -2.51. The summed E-state index contributed by atoms with van der Waals surface area (Å²) < 4.78 is 25.1. The zero-order valence-corrected chi connectivity index (χ0v) is 16.8. The van der Waals surface area contributed by atoms with E-state index in [-0.39, 0.29) is 28.1 Å². The number of hydrogen-bond donors (Lipinski definition) is 2. The fraction of sp³-hybridized carbons (Fsp3) is 0.150. The monoisotopic (exact) mass is 434 g/mol. The zero-order chi connectivity index (χ0) is 21.0. The fourth-order valence-corrected chi connectivity index (χ4v) is 3.07. The molecule has 150 valence electrons. The molecule has 1 fully saturated rings. The highest BCUT2D eigenvalue weighted by Crippen LogP contribution is 2.38. The third-order valence-corrected chi connectivity index (χ3v) is 4.40. The molecule has 2 N–H and O–H groups in total. The molecule has 0 aliphatic carbocycles. The van der Waals surface area contributed by atoms with Crippen LogP contribution >= 0.6 is 23.8 Å². The van der Waals surface area contributed by atoms with Crippen molar-refractivity contribution in [2.45, 2.75) is 13.5 Å². The van der Waals surface area contributed by atoms with Crippen LogP contribution in [0.4, 0.5) is 4.39 Å². The van der Waals surface area contributed by atoms with Crippen LogP contribution in [0.5, 0.6) is 11.5 Å². The van der Waals surface area contributed by atoms with Gasteiger partial charge in [0.05, 0.1) is 11.6 Å². The third-order valence-electron chi connectivity index (χ3n) is 3.92. The first-order chi connectivity index (χ1) is 13.9. The molecule has 0 spiro atoms. The minimum Gasteiger partial charge on any atom is -0.490 e. The van der Waals surface area contributed by atoms with Crippen LogP contribution in [0, 0.1) is 5.82 Å². The van der Waals surface area contributed by atoms with Crippen molar-refractivity contribution in [3.05, 3.63) is 63.9 Å². The van der Waals surface area contributed by atoms with Crippen LogP contribution in [0.1, 0.15) is 18.1 Å². The summed E-state index contributed by atoms with van der Waals surface area (Å²) in [6.45, 7) is 2.06. The zero-order valence-electron chi connectivity index (χ0n) is 15.3. The number of carbonyl (C=O) groups excluding carboxylic acids is 2. The number of ether oxygens (including phenoxy) is 2. The molecule has 0 unspecified atom stereocenters. The van der Waals surface area contributed by atoms with Crippen molar-refractivity contribution in [2.24, 2.45) is 0 Å². The van der Waals surface area contributed by atoms with E-state index in [4.69, 9.17) is 33.3 Å². The predicted octanol–water partition coefficient (Wildman–Crippen LogP) is 3.37. The van der Waals surface area contributed by atoms with Gasteiger partial charge in [0.1, 0.15) is 18.0 Å². The van der Waals surface area contributed by atoms with Gasteiger partial charge in [0.25, 0.3) is 11.8 Å². The predicted molar refractivity (Wildman–Crippen MR) is 110 cm³/mol. The van der Waals surface area contributed by atoms with Gasteiger partial charge in [0.15, 0.2) is 16.6 Å². The Balaban J connectivity index is 1.91. The number of nitrogens with one attached hydrogen (secondary N) is 2. The standard InChI is InChI=1S/C20H16ClFN2O4S/c1-2-27-16-9-11(7-13-18(25)23-20(29)24-19(13)26)8-14(21)17(16)28-10-12-5-3-4-6-15(12)22/h3-9H,2,10H2,1H3,(H2,23,24,25,26,29). The second-order valence-electron chi connectivity index (χ2n) is 5.94. The summed E-state index contributed by atoms with van der Waals surface area (Å²) in [4.78, 5) is 24.0. The van der Waals surface area contributed by atoms with Crippen LogP contribution < -0.4 is 20.1 Å². The van der Waals surface area contributed by atoms with Crippen molar-refractivity contribution in [3.63, 3.8) is 0 Å². The summed E-state index contributed by atoms with van der Waals surface area (Å²) in [6.07, 6.45) is 1.36. The number of rotatable bonds is 6. The molecular weight excluding hydrogens is 419 g/mol. The maximum Gasteiger partial charge on any atom is 0.263 e. The van der Waals surface area contributed by atoms with E-state index in [1.54, 1.807) is 31.2 Å². The first-order valence-corrected chi connectivity index (χ1v) is 9.38. The Morgan fingerprint density at radius 1 is 1.14 bits per heavy atom. The van der Waals surface area contributed by atoms with Gasteiger partial charge < -0.3 is 9.47 Å². The number of carbonyl (C=O) groups is 2. The average Bonchev–Trinajstić information content (AvgIpc) is 2.65. The lowest BCUT2D eigenvalue weighted by Gasteiger charge is -2.17. The lowest BCUT2D eigenvalue weighted by atomic mass is 10.1. The summed E-state index contributed by atoms with van der Waals surface area (Å²) >= 11 is 11.1. The molecule has 1 aliphatic heterocycles. The molecule has 3 rings (SSSR count). The Hall–Kier alpha value is -2.97. The highest BCUT2D eigenvalue weighted by molar-refractivity contribution is 7.80. The van der Waals surface area contributed by atoms with Crippen LogP contribution in [-0.2, 0) is 16.2 Å². The average molecular weight is 435 g/mol. The number of amides is 2. The molecule has 6 nitrogen and oxygen atoms in total. The van der Waals surface area contributed by atoms with Gasteiger partial charge in [0.2, 0.25) is 0 Å². The molecule has 0 radical (unpaired) electrons. The SMILES string of the molecule is CCOc1cc(C=C2C(=O)NC(=S)NC2=O)cc(Cl)c1OCc1ccccc1F. The third kappa shape index (κ3) is 4.90. The molecular formula is C20H16ClFN2O4S. The van der Waals surface area contributed by atoms with Gasteiger partial charge in [-0.25, -0.2) is 4.39 Å². The normalized spacial score (nSPS) is 13.6. The topological polar surface area (TPSA) is 76.7 Å². The molecule has 2 aromatic carbocycles. The molecule has 2 aromatic rings. The maximum atomic E-state index is 13.8. The maximum absolute atomic E-state index is 13.8. The molecule has 1 saturated heterocycles. The van der Waals surface area contributed by atoms with E-state index in [1.165, 1.54) is 18.2 Å². The number of thiocarbonyl (C=S) groups is 1. The highest BCUT2D eigenvalue weighted by atomic mass is 35.5. The molecule has 0 aromatic heterocycles. The highest BCUT2D eigenvalue weighted by Gasteiger charge is 2.26. The van der Waals surface area contributed by atoms with E-state index in [9.17, 15) is 14.0 Å². The van der Waals surface area contributed by atoms with Gasteiger partial charge in [-0.05, 0) is 49.0 Å². The van der Waals surface area contributed by atoms with Gasteiger partial charge in [0, 0.05) is 5.56 Å². The van der Waals surface area contributed by atoms with Crippen molar-refractivity contribution >= 4 is 46.8 Å². The van der Waals surface area contributed by atoms with Crippen molar-refractivity contribution < 1.29 is 23.5 Å². The van der Waals surface area contributed by atoms with E-state index < -0.39 is 17.6 Å².